The van der Waals surface area contributed by atoms with E-state index in [4.69, 9.17) is 4.74 Å². The van der Waals surface area contributed by atoms with Crippen LogP contribution in [0.25, 0.3) is 0 Å². The van der Waals surface area contributed by atoms with Gasteiger partial charge in [-0.1, -0.05) is 48.5 Å². The van der Waals surface area contributed by atoms with Gasteiger partial charge in [0.1, 0.15) is 18.2 Å². The molecule has 164 valence electrons. The topological polar surface area (TPSA) is 49.9 Å². The Hall–Kier alpha value is -3.67. The van der Waals surface area contributed by atoms with E-state index >= 15 is 0 Å². The molecule has 0 spiro atoms. The molecule has 3 aromatic rings. The fourth-order valence-electron chi connectivity index (χ4n) is 3.69. The van der Waals surface area contributed by atoms with E-state index in [1.54, 1.807) is 34.1 Å². The summed E-state index contributed by atoms with van der Waals surface area (Å²) >= 11 is 0. The number of carbonyl (C=O) groups is 2. The second-order valence-electron chi connectivity index (χ2n) is 7.78. The van der Waals surface area contributed by atoms with Gasteiger partial charge in [-0.3, -0.25) is 9.59 Å². The average Bonchev–Trinajstić information content (AvgIpc) is 2.84. The Morgan fingerprint density at radius 2 is 1.47 bits per heavy atom. The summed E-state index contributed by atoms with van der Waals surface area (Å²) < 4.78 is 18.9. The third-order valence-corrected chi connectivity index (χ3v) is 5.52. The van der Waals surface area contributed by atoms with Gasteiger partial charge in [0, 0.05) is 31.7 Å². The van der Waals surface area contributed by atoms with Crippen LogP contribution in [0.2, 0.25) is 0 Å². The van der Waals surface area contributed by atoms with E-state index in [1.807, 2.05) is 42.5 Å². The zero-order valence-electron chi connectivity index (χ0n) is 17.7. The summed E-state index contributed by atoms with van der Waals surface area (Å²) in [7, 11) is 0. The molecule has 0 N–H and O–H groups in total. The maximum atomic E-state index is 13.0. The third-order valence-electron chi connectivity index (χ3n) is 5.52. The highest BCUT2D eigenvalue weighted by molar-refractivity contribution is 5.94. The summed E-state index contributed by atoms with van der Waals surface area (Å²) in [5, 5.41) is 0. The summed E-state index contributed by atoms with van der Waals surface area (Å²) in [4.78, 5) is 29.0. The largest absolute Gasteiger partial charge is 0.489 e. The minimum atomic E-state index is -0.317. The SMILES string of the molecule is O=C(Cc1ccc(F)cc1)N1CCN(C(=O)c2cccc(OCc3ccccc3)c2)CC1. The van der Waals surface area contributed by atoms with Crippen LogP contribution in [-0.4, -0.2) is 47.8 Å². The molecule has 1 aliphatic rings. The Kier molecular flexibility index (Phi) is 6.80. The average molecular weight is 432 g/mol. The Balaban J connectivity index is 1.30. The lowest BCUT2D eigenvalue weighted by Crippen LogP contribution is -2.51. The molecule has 4 rings (SSSR count). The molecule has 2 amide bonds. The van der Waals surface area contributed by atoms with Gasteiger partial charge in [-0.05, 0) is 41.5 Å². The molecular weight excluding hydrogens is 407 g/mol. The summed E-state index contributed by atoms with van der Waals surface area (Å²) in [6.07, 6.45) is 0.231. The second kappa shape index (κ2) is 10.1. The number of piperazine rings is 1. The number of ether oxygens (including phenoxy) is 1. The number of amides is 2. The lowest BCUT2D eigenvalue weighted by atomic mass is 10.1. The van der Waals surface area contributed by atoms with E-state index in [9.17, 15) is 14.0 Å². The van der Waals surface area contributed by atoms with Crippen molar-refractivity contribution in [1.82, 2.24) is 9.80 Å². The Bertz CT molecular complexity index is 1060. The van der Waals surface area contributed by atoms with Crippen molar-refractivity contribution >= 4 is 11.8 Å². The van der Waals surface area contributed by atoms with Gasteiger partial charge in [0.2, 0.25) is 5.91 Å². The Morgan fingerprint density at radius 1 is 0.781 bits per heavy atom. The number of rotatable bonds is 6. The maximum Gasteiger partial charge on any atom is 0.254 e. The first kappa shape index (κ1) is 21.6. The molecule has 1 aliphatic heterocycles. The van der Waals surface area contributed by atoms with Crippen molar-refractivity contribution in [2.75, 3.05) is 26.2 Å². The van der Waals surface area contributed by atoms with Gasteiger partial charge in [-0.25, -0.2) is 4.39 Å². The predicted molar refractivity (Wildman–Crippen MR) is 120 cm³/mol. The van der Waals surface area contributed by atoms with Crippen molar-refractivity contribution in [3.8, 4) is 5.75 Å². The van der Waals surface area contributed by atoms with Crippen molar-refractivity contribution in [3.63, 3.8) is 0 Å². The molecule has 0 aliphatic carbocycles. The first-order valence-electron chi connectivity index (χ1n) is 10.7. The molecule has 6 heteroatoms. The number of hydrogen-bond acceptors (Lipinski definition) is 3. The van der Waals surface area contributed by atoms with E-state index in [1.165, 1.54) is 12.1 Å². The van der Waals surface area contributed by atoms with Crippen LogP contribution in [0.3, 0.4) is 0 Å². The number of nitrogens with zero attached hydrogens (tertiary/aromatic N) is 2. The number of carbonyl (C=O) groups excluding carboxylic acids is 2. The summed E-state index contributed by atoms with van der Waals surface area (Å²) in [6, 6.07) is 23.0. The number of benzene rings is 3. The van der Waals surface area contributed by atoms with Gasteiger partial charge < -0.3 is 14.5 Å². The van der Waals surface area contributed by atoms with E-state index in [2.05, 4.69) is 0 Å². The zero-order chi connectivity index (χ0) is 22.3. The van der Waals surface area contributed by atoms with E-state index in [0.717, 1.165) is 11.1 Å². The van der Waals surface area contributed by atoms with Gasteiger partial charge in [-0.15, -0.1) is 0 Å². The molecule has 0 atom stereocenters. The zero-order valence-corrected chi connectivity index (χ0v) is 17.7. The van der Waals surface area contributed by atoms with Crippen LogP contribution in [0.5, 0.6) is 5.75 Å². The summed E-state index contributed by atoms with van der Waals surface area (Å²) in [5.41, 5.74) is 2.41. The third kappa shape index (κ3) is 5.52. The normalized spacial score (nSPS) is 13.7. The van der Waals surface area contributed by atoms with E-state index < -0.39 is 0 Å². The minimum Gasteiger partial charge on any atom is -0.489 e. The smallest absolute Gasteiger partial charge is 0.254 e. The maximum absolute atomic E-state index is 13.0. The number of halogens is 1. The Labute approximate surface area is 187 Å². The van der Waals surface area contributed by atoms with Crippen LogP contribution < -0.4 is 4.74 Å². The molecular formula is C26H25FN2O3. The molecule has 3 aromatic carbocycles. The van der Waals surface area contributed by atoms with Crippen LogP contribution in [0.15, 0.2) is 78.9 Å². The first-order chi connectivity index (χ1) is 15.6. The Morgan fingerprint density at radius 3 is 2.19 bits per heavy atom. The quantitative estimate of drug-likeness (QED) is 0.593. The molecule has 32 heavy (non-hydrogen) atoms. The van der Waals surface area contributed by atoms with Crippen molar-refractivity contribution in [3.05, 3.63) is 101 Å². The molecule has 0 aromatic heterocycles. The number of hydrogen-bond donors (Lipinski definition) is 0. The van der Waals surface area contributed by atoms with Gasteiger partial charge in [0.15, 0.2) is 0 Å². The van der Waals surface area contributed by atoms with Crippen LogP contribution in [-0.2, 0) is 17.8 Å². The van der Waals surface area contributed by atoms with Gasteiger partial charge in [-0.2, -0.15) is 0 Å². The van der Waals surface area contributed by atoms with Crippen LogP contribution >= 0.6 is 0 Å². The first-order valence-corrected chi connectivity index (χ1v) is 10.7. The molecule has 1 saturated heterocycles. The van der Waals surface area contributed by atoms with Gasteiger partial charge in [0.25, 0.3) is 5.91 Å². The lowest BCUT2D eigenvalue weighted by molar-refractivity contribution is -0.131. The van der Waals surface area contributed by atoms with Gasteiger partial charge >= 0.3 is 0 Å². The van der Waals surface area contributed by atoms with Crippen LogP contribution in [0, 0.1) is 5.82 Å². The van der Waals surface area contributed by atoms with Crippen molar-refractivity contribution < 1.29 is 18.7 Å². The van der Waals surface area contributed by atoms with Crippen molar-refractivity contribution in [2.24, 2.45) is 0 Å². The van der Waals surface area contributed by atoms with Gasteiger partial charge in [0.05, 0.1) is 6.42 Å². The minimum absolute atomic E-state index is 0.0139. The standard InChI is InChI=1S/C26H25FN2O3/c27-23-11-9-20(10-12-23)17-25(30)28-13-15-29(16-14-28)26(31)22-7-4-8-24(18-22)32-19-21-5-2-1-3-6-21/h1-12,18H,13-17,19H2. The molecule has 0 saturated carbocycles. The fraction of sp³-hybridized carbons (Fsp3) is 0.231. The van der Waals surface area contributed by atoms with E-state index in [0.29, 0.717) is 44.1 Å². The highest BCUT2D eigenvalue weighted by Gasteiger charge is 2.25. The molecule has 0 unspecified atom stereocenters. The fourth-order valence-corrected chi connectivity index (χ4v) is 3.69. The predicted octanol–water partition coefficient (Wildman–Crippen LogP) is 3.93. The van der Waals surface area contributed by atoms with Crippen molar-refractivity contribution in [2.45, 2.75) is 13.0 Å². The molecule has 0 radical (unpaired) electrons. The van der Waals surface area contributed by atoms with E-state index in [-0.39, 0.29) is 24.1 Å². The molecule has 5 nitrogen and oxygen atoms in total. The monoisotopic (exact) mass is 432 g/mol. The molecule has 1 fully saturated rings. The highest BCUT2D eigenvalue weighted by atomic mass is 19.1. The summed E-state index contributed by atoms with van der Waals surface area (Å²) in [5.74, 6) is 0.247. The summed E-state index contributed by atoms with van der Waals surface area (Å²) in [6.45, 7) is 2.35. The molecule has 0 bridgehead atoms. The second-order valence-corrected chi connectivity index (χ2v) is 7.78. The van der Waals surface area contributed by atoms with Crippen molar-refractivity contribution in [1.29, 1.82) is 0 Å². The van der Waals surface area contributed by atoms with Crippen LogP contribution in [0.1, 0.15) is 21.5 Å². The highest BCUT2D eigenvalue weighted by Crippen LogP contribution is 2.18. The molecule has 1 heterocycles. The van der Waals surface area contributed by atoms with Crippen LogP contribution in [0.4, 0.5) is 4.39 Å². The lowest BCUT2D eigenvalue weighted by Gasteiger charge is -2.35.